The lowest BCUT2D eigenvalue weighted by molar-refractivity contribution is 0.302. The Hall–Kier alpha value is -1.80. The second-order valence-electron chi connectivity index (χ2n) is 5.76. The summed E-state index contributed by atoms with van der Waals surface area (Å²) in [4.78, 5) is 0. The molecule has 0 aliphatic rings. The molecule has 2 rings (SSSR count). The molecule has 0 aliphatic heterocycles. The molecule has 0 bridgehead atoms. The van der Waals surface area contributed by atoms with E-state index in [-0.39, 0.29) is 6.04 Å². The average molecular weight is 283 g/mol. The van der Waals surface area contributed by atoms with Gasteiger partial charge in [-0.1, -0.05) is 54.4 Å². The van der Waals surface area contributed by atoms with Crippen molar-refractivity contribution in [3.63, 3.8) is 0 Å². The highest BCUT2D eigenvalue weighted by Gasteiger charge is 2.08. The minimum Gasteiger partial charge on any atom is -0.489 e. The van der Waals surface area contributed by atoms with Crippen LogP contribution in [0.5, 0.6) is 5.75 Å². The fourth-order valence-electron chi connectivity index (χ4n) is 2.28. The quantitative estimate of drug-likeness (QED) is 0.864. The van der Waals surface area contributed by atoms with Crippen molar-refractivity contribution in [3.05, 3.63) is 64.7 Å². The van der Waals surface area contributed by atoms with Crippen molar-refractivity contribution < 1.29 is 4.74 Å². The van der Waals surface area contributed by atoms with Crippen LogP contribution in [0.3, 0.4) is 0 Å². The van der Waals surface area contributed by atoms with E-state index >= 15 is 0 Å². The Morgan fingerprint density at radius 1 is 1.00 bits per heavy atom. The maximum Gasteiger partial charge on any atom is 0.123 e. The SMILES string of the molecule is CCC(N)Cc1cc(C)ccc1OCc1ccc(C)cc1. The molecule has 0 saturated carbocycles. The third kappa shape index (κ3) is 4.61. The zero-order chi connectivity index (χ0) is 15.2. The second-order valence-corrected chi connectivity index (χ2v) is 5.76. The first-order valence-corrected chi connectivity index (χ1v) is 7.62. The number of ether oxygens (including phenoxy) is 1. The third-order valence-electron chi connectivity index (χ3n) is 3.74. The van der Waals surface area contributed by atoms with E-state index in [1.807, 2.05) is 0 Å². The van der Waals surface area contributed by atoms with Gasteiger partial charge in [0.15, 0.2) is 0 Å². The van der Waals surface area contributed by atoms with Gasteiger partial charge in [-0.15, -0.1) is 0 Å². The summed E-state index contributed by atoms with van der Waals surface area (Å²) in [7, 11) is 0. The summed E-state index contributed by atoms with van der Waals surface area (Å²) < 4.78 is 6.01. The minimum absolute atomic E-state index is 0.188. The van der Waals surface area contributed by atoms with Gasteiger partial charge >= 0.3 is 0 Å². The Morgan fingerprint density at radius 3 is 2.33 bits per heavy atom. The Kier molecular flexibility index (Phi) is 5.40. The van der Waals surface area contributed by atoms with Crippen molar-refractivity contribution in [2.24, 2.45) is 5.73 Å². The van der Waals surface area contributed by atoms with Crippen LogP contribution in [0.15, 0.2) is 42.5 Å². The zero-order valence-electron chi connectivity index (χ0n) is 13.2. The van der Waals surface area contributed by atoms with Gasteiger partial charge in [-0.2, -0.15) is 0 Å². The molecule has 2 nitrogen and oxygen atoms in total. The summed E-state index contributed by atoms with van der Waals surface area (Å²) in [5.74, 6) is 0.949. The molecule has 0 saturated heterocycles. The van der Waals surface area contributed by atoms with E-state index in [2.05, 4.69) is 63.2 Å². The van der Waals surface area contributed by atoms with Gasteiger partial charge in [0.25, 0.3) is 0 Å². The van der Waals surface area contributed by atoms with E-state index in [0.717, 1.165) is 18.6 Å². The molecule has 0 spiro atoms. The van der Waals surface area contributed by atoms with Gasteiger partial charge in [-0.05, 0) is 43.9 Å². The van der Waals surface area contributed by atoms with Crippen molar-refractivity contribution in [2.45, 2.75) is 46.3 Å². The molecular weight excluding hydrogens is 258 g/mol. The number of aryl methyl sites for hydroxylation is 2. The van der Waals surface area contributed by atoms with Crippen LogP contribution in [0, 0.1) is 13.8 Å². The summed E-state index contributed by atoms with van der Waals surface area (Å²) >= 11 is 0. The molecule has 1 atom stereocenters. The van der Waals surface area contributed by atoms with E-state index in [1.54, 1.807) is 0 Å². The molecule has 0 radical (unpaired) electrons. The molecule has 21 heavy (non-hydrogen) atoms. The summed E-state index contributed by atoms with van der Waals surface area (Å²) in [6.07, 6.45) is 1.84. The van der Waals surface area contributed by atoms with Gasteiger partial charge in [0.05, 0.1) is 0 Å². The minimum atomic E-state index is 0.188. The second kappa shape index (κ2) is 7.28. The summed E-state index contributed by atoms with van der Waals surface area (Å²) in [5.41, 5.74) is 11.0. The predicted octanol–water partition coefficient (Wildman–Crippen LogP) is 4.16. The lowest BCUT2D eigenvalue weighted by Gasteiger charge is -2.15. The van der Waals surface area contributed by atoms with Gasteiger partial charge in [-0.25, -0.2) is 0 Å². The number of nitrogens with two attached hydrogens (primary N) is 1. The molecule has 2 heteroatoms. The van der Waals surface area contributed by atoms with Gasteiger partial charge in [0, 0.05) is 6.04 Å². The Labute approximate surface area is 127 Å². The molecule has 1 unspecified atom stereocenters. The smallest absolute Gasteiger partial charge is 0.123 e. The lowest BCUT2D eigenvalue weighted by atomic mass is 10.0. The van der Waals surface area contributed by atoms with Crippen molar-refractivity contribution in [1.29, 1.82) is 0 Å². The Bertz CT molecular complexity index is 575. The summed E-state index contributed by atoms with van der Waals surface area (Å²) in [6.45, 7) is 6.91. The highest BCUT2D eigenvalue weighted by Crippen LogP contribution is 2.23. The van der Waals surface area contributed by atoms with E-state index in [0.29, 0.717) is 6.61 Å². The van der Waals surface area contributed by atoms with Gasteiger partial charge in [0.1, 0.15) is 12.4 Å². The Balaban J connectivity index is 2.09. The molecule has 2 aromatic rings. The van der Waals surface area contributed by atoms with Gasteiger partial charge in [0.2, 0.25) is 0 Å². The van der Waals surface area contributed by atoms with Crippen LogP contribution in [0.1, 0.15) is 35.6 Å². The standard InChI is InChI=1S/C19H25NO/c1-4-18(20)12-17-11-15(3)7-10-19(17)21-13-16-8-5-14(2)6-9-16/h5-11,18H,4,12-13,20H2,1-3H3. The third-order valence-corrected chi connectivity index (χ3v) is 3.74. The predicted molar refractivity (Wildman–Crippen MR) is 88.7 cm³/mol. The van der Waals surface area contributed by atoms with Gasteiger partial charge < -0.3 is 10.5 Å². The highest BCUT2D eigenvalue weighted by atomic mass is 16.5. The maximum absolute atomic E-state index is 6.09. The van der Waals surface area contributed by atoms with Crippen molar-refractivity contribution in [3.8, 4) is 5.75 Å². The molecule has 0 aromatic heterocycles. The van der Waals surface area contributed by atoms with Crippen molar-refractivity contribution in [1.82, 2.24) is 0 Å². The largest absolute Gasteiger partial charge is 0.489 e. The first-order valence-electron chi connectivity index (χ1n) is 7.62. The number of hydrogen-bond donors (Lipinski definition) is 1. The molecule has 112 valence electrons. The molecular formula is C19H25NO. The van der Waals surface area contributed by atoms with Crippen LogP contribution >= 0.6 is 0 Å². The van der Waals surface area contributed by atoms with Crippen molar-refractivity contribution in [2.75, 3.05) is 0 Å². The first-order chi connectivity index (χ1) is 10.1. The normalized spacial score (nSPS) is 12.2. The molecule has 0 heterocycles. The van der Waals surface area contributed by atoms with E-state index in [1.165, 1.54) is 22.3 Å². The lowest BCUT2D eigenvalue weighted by Crippen LogP contribution is -2.21. The van der Waals surface area contributed by atoms with Crippen LogP contribution in [0.25, 0.3) is 0 Å². The van der Waals surface area contributed by atoms with Gasteiger partial charge in [-0.3, -0.25) is 0 Å². The number of hydrogen-bond acceptors (Lipinski definition) is 2. The topological polar surface area (TPSA) is 35.2 Å². The molecule has 2 aromatic carbocycles. The van der Waals surface area contributed by atoms with Crippen LogP contribution in [0.2, 0.25) is 0 Å². The molecule has 0 amide bonds. The van der Waals surface area contributed by atoms with Crippen LogP contribution in [0.4, 0.5) is 0 Å². The maximum atomic E-state index is 6.09. The molecule has 0 aliphatic carbocycles. The number of rotatable bonds is 6. The highest BCUT2D eigenvalue weighted by molar-refractivity contribution is 5.37. The van der Waals surface area contributed by atoms with Crippen LogP contribution in [-0.4, -0.2) is 6.04 Å². The van der Waals surface area contributed by atoms with Crippen LogP contribution < -0.4 is 10.5 Å². The summed E-state index contributed by atoms with van der Waals surface area (Å²) in [6, 6.07) is 15.0. The van der Waals surface area contributed by atoms with E-state index < -0.39 is 0 Å². The number of benzene rings is 2. The van der Waals surface area contributed by atoms with Crippen LogP contribution in [-0.2, 0) is 13.0 Å². The molecule has 0 fully saturated rings. The average Bonchev–Trinajstić information content (AvgIpc) is 2.48. The van der Waals surface area contributed by atoms with E-state index in [4.69, 9.17) is 10.5 Å². The zero-order valence-corrected chi connectivity index (χ0v) is 13.2. The summed E-state index contributed by atoms with van der Waals surface area (Å²) in [5, 5.41) is 0. The van der Waals surface area contributed by atoms with E-state index in [9.17, 15) is 0 Å². The fourth-order valence-corrected chi connectivity index (χ4v) is 2.28. The van der Waals surface area contributed by atoms with Crippen molar-refractivity contribution >= 4 is 0 Å². The molecule has 2 N–H and O–H groups in total. The Morgan fingerprint density at radius 2 is 1.67 bits per heavy atom. The first kappa shape index (κ1) is 15.6. The fraction of sp³-hybridized carbons (Fsp3) is 0.368. The monoisotopic (exact) mass is 283 g/mol.